The number of nitrogens with zero attached hydrogens (tertiary/aromatic N) is 2. The fourth-order valence-electron chi connectivity index (χ4n) is 1.51. The molecule has 6 nitrogen and oxygen atoms in total. The van der Waals surface area contributed by atoms with Crippen molar-refractivity contribution in [2.24, 2.45) is 0 Å². The van der Waals surface area contributed by atoms with Gasteiger partial charge in [0.2, 0.25) is 0 Å². The number of nitrogens with one attached hydrogen (secondary N) is 1. The van der Waals surface area contributed by atoms with Gasteiger partial charge in [0, 0.05) is 5.39 Å². The third-order valence-corrected chi connectivity index (χ3v) is 2.25. The topological polar surface area (TPSA) is 84.3 Å². The molecule has 2 N–H and O–H groups in total. The van der Waals surface area contributed by atoms with E-state index in [4.69, 9.17) is 9.94 Å². The zero-order valence-electron chi connectivity index (χ0n) is 9.17. The molecule has 88 valence electrons. The molecule has 0 saturated carbocycles. The van der Waals surface area contributed by atoms with Crippen molar-refractivity contribution in [2.75, 3.05) is 12.1 Å². The maximum atomic E-state index is 11.6. The second kappa shape index (κ2) is 4.75. The highest BCUT2D eigenvalue weighted by molar-refractivity contribution is 6.02. The van der Waals surface area contributed by atoms with Crippen molar-refractivity contribution >= 4 is 22.6 Å². The highest BCUT2D eigenvalue weighted by Crippen LogP contribution is 2.23. The van der Waals surface area contributed by atoms with Crippen LogP contribution < -0.4 is 5.48 Å². The van der Waals surface area contributed by atoms with Crippen molar-refractivity contribution in [1.29, 1.82) is 0 Å². The van der Waals surface area contributed by atoms with Crippen molar-refractivity contribution in [3.8, 4) is 0 Å². The molecule has 0 spiro atoms. The van der Waals surface area contributed by atoms with Crippen molar-refractivity contribution in [2.45, 2.75) is 6.92 Å². The minimum Gasteiger partial charge on any atom is -0.461 e. The summed E-state index contributed by atoms with van der Waals surface area (Å²) in [5, 5.41) is 17.4. The highest BCUT2D eigenvalue weighted by Gasteiger charge is 2.17. The lowest BCUT2D eigenvalue weighted by atomic mass is 10.1. The summed E-state index contributed by atoms with van der Waals surface area (Å²) in [5.41, 5.74) is 2.72. The largest absolute Gasteiger partial charge is 0.461 e. The van der Waals surface area contributed by atoms with Crippen LogP contribution >= 0.6 is 0 Å². The molecule has 2 rings (SSSR count). The average molecular weight is 233 g/mol. The maximum Gasteiger partial charge on any atom is 0.361 e. The van der Waals surface area contributed by atoms with Gasteiger partial charge in [-0.1, -0.05) is 18.2 Å². The van der Waals surface area contributed by atoms with Crippen LogP contribution in [0.15, 0.2) is 24.3 Å². The monoisotopic (exact) mass is 233 g/mol. The van der Waals surface area contributed by atoms with Gasteiger partial charge in [-0.2, -0.15) is 0 Å². The molecule has 0 atom stereocenters. The highest BCUT2D eigenvalue weighted by atomic mass is 16.5. The van der Waals surface area contributed by atoms with Gasteiger partial charge in [0.15, 0.2) is 5.69 Å². The van der Waals surface area contributed by atoms with Gasteiger partial charge in [-0.3, -0.25) is 10.7 Å². The van der Waals surface area contributed by atoms with E-state index in [9.17, 15) is 4.79 Å². The number of fused-ring (bicyclic) bond motifs is 1. The lowest BCUT2D eigenvalue weighted by Gasteiger charge is -2.08. The smallest absolute Gasteiger partial charge is 0.361 e. The van der Waals surface area contributed by atoms with Crippen LogP contribution in [-0.2, 0) is 4.74 Å². The second-order valence-corrected chi connectivity index (χ2v) is 3.27. The Morgan fingerprint density at radius 3 is 2.88 bits per heavy atom. The lowest BCUT2D eigenvalue weighted by Crippen LogP contribution is -2.12. The van der Waals surface area contributed by atoms with Crippen molar-refractivity contribution in [3.63, 3.8) is 0 Å². The number of hydrogen-bond donors (Lipinski definition) is 2. The van der Waals surface area contributed by atoms with Crippen molar-refractivity contribution < 1.29 is 14.7 Å². The van der Waals surface area contributed by atoms with E-state index in [0.717, 1.165) is 0 Å². The first-order valence-electron chi connectivity index (χ1n) is 5.10. The first-order valence-corrected chi connectivity index (χ1v) is 5.10. The Hall–Kier alpha value is -2.21. The summed E-state index contributed by atoms with van der Waals surface area (Å²) in [6.45, 7) is 1.93. The molecule has 0 unspecified atom stereocenters. The number of ether oxygens (including phenoxy) is 1. The molecule has 0 aliphatic carbocycles. The second-order valence-electron chi connectivity index (χ2n) is 3.27. The zero-order valence-corrected chi connectivity index (χ0v) is 9.17. The van der Waals surface area contributed by atoms with E-state index < -0.39 is 5.97 Å². The Kier molecular flexibility index (Phi) is 3.15. The fraction of sp³-hybridized carbons (Fsp3) is 0.182. The summed E-state index contributed by atoms with van der Waals surface area (Å²) in [5.74, 6) is -0.623. The number of hydrogen-bond acceptors (Lipinski definition) is 6. The number of carbonyl (C=O) groups is 1. The quantitative estimate of drug-likeness (QED) is 0.618. The minimum atomic E-state index is -0.623. The zero-order chi connectivity index (χ0) is 12.3. The van der Waals surface area contributed by atoms with Gasteiger partial charge < -0.3 is 4.74 Å². The van der Waals surface area contributed by atoms with Crippen LogP contribution in [0.25, 0.3) is 10.9 Å². The van der Waals surface area contributed by atoms with E-state index in [-0.39, 0.29) is 18.0 Å². The molecule has 0 saturated heterocycles. The van der Waals surface area contributed by atoms with Gasteiger partial charge in [0.1, 0.15) is 5.69 Å². The average Bonchev–Trinajstić information content (AvgIpc) is 2.37. The molecule has 0 fully saturated rings. The molecule has 6 heteroatoms. The summed E-state index contributed by atoms with van der Waals surface area (Å²) < 4.78 is 4.83. The molecule has 0 radical (unpaired) electrons. The van der Waals surface area contributed by atoms with E-state index in [1.165, 1.54) is 0 Å². The molecule has 0 amide bonds. The summed E-state index contributed by atoms with van der Waals surface area (Å²) in [7, 11) is 0. The first-order chi connectivity index (χ1) is 8.27. The predicted octanol–water partition coefficient (Wildman–Crippen LogP) is 1.61. The molecule has 0 bridgehead atoms. The van der Waals surface area contributed by atoms with Gasteiger partial charge in [-0.15, -0.1) is 10.2 Å². The molecule has 17 heavy (non-hydrogen) atoms. The molecular weight excluding hydrogens is 222 g/mol. The Balaban J connectivity index is 2.60. The number of carbonyl (C=O) groups excluding carboxylic acids is 1. The van der Waals surface area contributed by atoms with E-state index >= 15 is 0 Å². The van der Waals surface area contributed by atoms with Crippen molar-refractivity contribution in [3.05, 3.63) is 30.0 Å². The van der Waals surface area contributed by atoms with Gasteiger partial charge in [-0.05, 0) is 13.0 Å². The predicted molar refractivity (Wildman–Crippen MR) is 60.9 cm³/mol. The van der Waals surface area contributed by atoms with Gasteiger partial charge in [0.25, 0.3) is 0 Å². The molecule has 0 aliphatic rings. The molecule has 1 heterocycles. The van der Waals surface area contributed by atoms with Crippen LogP contribution in [0, 0.1) is 0 Å². The SMILES string of the molecule is CCOC(=O)c1nnc2ccccc2c1NO. The van der Waals surface area contributed by atoms with E-state index in [1.54, 1.807) is 31.2 Å². The Labute approximate surface area is 97.2 Å². The van der Waals surface area contributed by atoms with Crippen LogP contribution in [-0.4, -0.2) is 28.0 Å². The number of esters is 1. The number of anilines is 1. The van der Waals surface area contributed by atoms with E-state index in [2.05, 4.69) is 10.2 Å². The van der Waals surface area contributed by atoms with Gasteiger partial charge >= 0.3 is 5.97 Å². The first kappa shape index (κ1) is 11.3. The van der Waals surface area contributed by atoms with Crippen LogP contribution in [0.1, 0.15) is 17.4 Å². The number of aromatic nitrogens is 2. The Bertz CT molecular complexity index is 557. The third kappa shape index (κ3) is 2.02. The Morgan fingerprint density at radius 1 is 1.41 bits per heavy atom. The third-order valence-electron chi connectivity index (χ3n) is 2.25. The van der Waals surface area contributed by atoms with E-state index in [1.807, 2.05) is 5.48 Å². The van der Waals surface area contributed by atoms with Crippen LogP contribution in [0.3, 0.4) is 0 Å². The maximum absolute atomic E-state index is 11.6. The van der Waals surface area contributed by atoms with Gasteiger partial charge in [0.05, 0.1) is 12.1 Å². The molecule has 2 aromatic rings. The number of benzene rings is 1. The van der Waals surface area contributed by atoms with E-state index in [0.29, 0.717) is 10.9 Å². The summed E-state index contributed by atoms with van der Waals surface area (Å²) in [6.07, 6.45) is 0. The summed E-state index contributed by atoms with van der Waals surface area (Å²) in [6, 6.07) is 7.03. The van der Waals surface area contributed by atoms with Crippen LogP contribution in [0.5, 0.6) is 0 Å². The summed E-state index contributed by atoms with van der Waals surface area (Å²) in [4.78, 5) is 11.6. The fourth-order valence-corrected chi connectivity index (χ4v) is 1.51. The lowest BCUT2D eigenvalue weighted by molar-refractivity contribution is 0.0519. The van der Waals surface area contributed by atoms with Crippen molar-refractivity contribution in [1.82, 2.24) is 10.2 Å². The Morgan fingerprint density at radius 2 is 2.18 bits per heavy atom. The minimum absolute atomic E-state index is 0.0342. The normalized spacial score (nSPS) is 10.2. The van der Waals surface area contributed by atoms with Crippen LogP contribution in [0.2, 0.25) is 0 Å². The molecule has 1 aromatic carbocycles. The van der Waals surface area contributed by atoms with Crippen LogP contribution in [0.4, 0.5) is 5.69 Å². The number of rotatable bonds is 3. The molecular formula is C11H11N3O3. The van der Waals surface area contributed by atoms with Gasteiger partial charge in [-0.25, -0.2) is 4.79 Å². The summed E-state index contributed by atoms with van der Waals surface area (Å²) >= 11 is 0. The molecule has 0 aliphatic heterocycles. The molecule has 1 aromatic heterocycles. The standard InChI is InChI=1S/C11H11N3O3/c1-2-17-11(15)10-9(14-16)7-5-3-4-6-8(7)12-13-10/h3-6,16H,2H2,1H3,(H,12,14).